The largest absolute Gasteiger partial charge is 0.508 e. The lowest BCUT2D eigenvalue weighted by molar-refractivity contribution is 0.0520. The van der Waals surface area contributed by atoms with Gasteiger partial charge < -0.3 is 4.74 Å². The van der Waals surface area contributed by atoms with Gasteiger partial charge in [-0.05, 0) is 72.6 Å². The quantitative estimate of drug-likeness (QED) is 0.756. The van der Waals surface area contributed by atoms with E-state index in [2.05, 4.69) is 33.9 Å². The minimum absolute atomic E-state index is 0.269. The third-order valence-electron chi connectivity index (χ3n) is 6.34. The molecule has 3 heteroatoms. The Bertz CT molecular complexity index is 538. The molecule has 21 heavy (non-hydrogen) atoms. The summed E-state index contributed by atoms with van der Waals surface area (Å²) in [7, 11) is 4.25. The molecule has 0 radical (unpaired) electrons. The van der Waals surface area contributed by atoms with Crippen molar-refractivity contribution in [3.05, 3.63) is 29.3 Å². The molecule has 0 amide bonds. The van der Waals surface area contributed by atoms with Gasteiger partial charge in [0.15, 0.2) is 0 Å². The van der Waals surface area contributed by atoms with Gasteiger partial charge in [-0.1, -0.05) is 25.3 Å². The zero-order valence-electron chi connectivity index (χ0n) is 13.5. The van der Waals surface area contributed by atoms with E-state index < -0.39 is 0 Å². The molecule has 2 saturated carbocycles. The molecular formula is C18H26B2O. The Morgan fingerprint density at radius 2 is 1.95 bits per heavy atom. The summed E-state index contributed by atoms with van der Waals surface area (Å²) in [5.41, 5.74) is 3.81. The number of benzene rings is 1. The summed E-state index contributed by atoms with van der Waals surface area (Å²) in [6.07, 6.45) is 11.4. The van der Waals surface area contributed by atoms with Crippen LogP contribution in [0.3, 0.4) is 0 Å². The number of ether oxygens (including phenoxy) is 1. The van der Waals surface area contributed by atoms with Gasteiger partial charge in [0.05, 0.1) is 0 Å². The standard InChI is InChI=1S/C18H26B2O/c19-17(20)21-14-7-6-13-10-12-4-3-9-18(16(13)11-14)8-2-1-5-15(12)18/h6-7,11-12,15,17H,1-5,8-10,19-20H2/t12-,15?,18-/m0/s1. The molecule has 0 N–H and O–H groups in total. The van der Waals surface area contributed by atoms with Crippen molar-refractivity contribution in [2.45, 2.75) is 62.7 Å². The Labute approximate surface area is 130 Å². The molecule has 1 unspecified atom stereocenters. The van der Waals surface area contributed by atoms with Gasteiger partial charge in [-0.25, -0.2) is 0 Å². The maximum atomic E-state index is 5.99. The van der Waals surface area contributed by atoms with Crippen LogP contribution in [-0.2, 0) is 11.8 Å². The predicted molar refractivity (Wildman–Crippen MR) is 92.6 cm³/mol. The van der Waals surface area contributed by atoms with Crippen molar-refractivity contribution >= 4 is 15.7 Å². The van der Waals surface area contributed by atoms with E-state index in [4.69, 9.17) is 4.74 Å². The van der Waals surface area contributed by atoms with Gasteiger partial charge in [0.2, 0.25) is 0 Å². The summed E-state index contributed by atoms with van der Waals surface area (Å²) in [5.74, 6) is 3.28. The van der Waals surface area contributed by atoms with Crippen LogP contribution >= 0.6 is 0 Å². The van der Waals surface area contributed by atoms with Crippen molar-refractivity contribution in [2.24, 2.45) is 11.8 Å². The summed E-state index contributed by atoms with van der Waals surface area (Å²) in [6.45, 7) is 0. The number of rotatable bonds is 2. The van der Waals surface area contributed by atoms with E-state index in [1.54, 1.807) is 11.1 Å². The van der Waals surface area contributed by atoms with Crippen LogP contribution < -0.4 is 4.74 Å². The van der Waals surface area contributed by atoms with Gasteiger partial charge in [0.1, 0.15) is 21.4 Å². The molecular weight excluding hydrogens is 254 g/mol. The number of hydrogen-bond donors (Lipinski definition) is 0. The van der Waals surface area contributed by atoms with Crippen molar-refractivity contribution in [1.82, 2.24) is 0 Å². The Morgan fingerprint density at radius 1 is 1.10 bits per heavy atom. The fourth-order valence-electron chi connectivity index (χ4n) is 5.68. The van der Waals surface area contributed by atoms with Crippen molar-refractivity contribution in [3.8, 4) is 5.75 Å². The highest BCUT2D eigenvalue weighted by Gasteiger charge is 2.51. The first-order valence-electron chi connectivity index (χ1n) is 8.99. The van der Waals surface area contributed by atoms with Crippen molar-refractivity contribution in [1.29, 1.82) is 0 Å². The Balaban J connectivity index is 1.79. The van der Waals surface area contributed by atoms with Gasteiger partial charge in [-0.2, -0.15) is 0 Å². The highest BCUT2D eigenvalue weighted by molar-refractivity contribution is 6.34. The molecule has 110 valence electrons. The van der Waals surface area contributed by atoms with E-state index in [0.29, 0.717) is 5.41 Å². The Kier molecular flexibility index (Phi) is 3.35. The summed E-state index contributed by atoms with van der Waals surface area (Å²) >= 11 is 0. The average molecular weight is 280 g/mol. The van der Waals surface area contributed by atoms with Crippen LogP contribution in [0.1, 0.15) is 56.1 Å². The molecule has 2 bridgehead atoms. The second-order valence-electron chi connectivity index (χ2n) is 7.85. The van der Waals surface area contributed by atoms with Gasteiger partial charge in [-0.15, -0.1) is 0 Å². The second-order valence-corrected chi connectivity index (χ2v) is 7.85. The fourth-order valence-corrected chi connectivity index (χ4v) is 5.68. The second kappa shape index (κ2) is 5.11. The van der Waals surface area contributed by atoms with Crippen LogP contribution in [-0.4, -0.2) is 21.6 Å². The average Bonchev–Trinajstić information content (AvgIpc) is 2.47. The van der Waals surface area contributed by atoms with Crippen LogP contribution in [0.5, 0.6) is 5.75 Å². The fraction of sp³-hybridized carbons (Fsp3) is 0.667. The molecule has 3 aliphatic carbocycles. The molecule has 0 spiro atoms. The maximum absolute atomic E-state index is 5.99. The zero-order chi connectivity index (χ0) is 14.4. The molecule has 4 rings (SSSR count). The van der Waals surface area contributed by atoms with Gasteiger partial charge >= 0.3 is 0 Å². The lowest BCUT2D eigenvalue weighted by Crippen LogP contribution is -2.49. The minimum atomic E-state index is 0.269. The SMILES string of the molecule is BC(B)Oc1ccc2c(c1)[C@]13CCCCC1[C@@H](CCC3)C2. The minimum Gasteiger partial charge on any atom is -0.508 e. The van der Waals surface area contributed by atoms with E-state index in [1.807, 2.05) is 0 Å². The topological polar surface area (TPSA) is 9.23 Å². The lowest BCUT2D eigenvalue weighted by atomic mass is 9.49. The first kappa shape index (κ1) is 13.8. The lowest BCUT2D eigenvalue weighted by Gasteiger charge is -2.55. The van der Waals surface area contributed by atoms with Gasteiger partial charge in [0.25, 0.3) is 0 Å². The summed E-state index contributed by atoms with van der Waals surface area (Å²) in [6, 6.07) is 6.99. The predicted octanol–water partition coefficient (Wildman–Crippen LogP) is 2.40. The molecule has 0 aliphatic heterocycles. The Hall–Kier alpha value is -0.850. The summed E-state index contributed by atoms with van der Waals surface area (Å²) < 4.78 is 5.99. The molecule has 0 aromatic heterocycles. The zero-order valence-corrected chi connectivity index (χ0v) is 13.5. The first-order chi connectivity index (χ1) is 10.2. The van der Waals surface area contributed by atoms with Crippen molar-refractivity contribution in [3.63, 3.8) is 0 Å². The maximum Gasteiger partial charge on any atom is 0.142 e. The normalized spacial score (nSPS) is 34.1. The molecule has 1 nitrogen and oxygen atoms in total. The van der Waals surface area contributed by atoms with E-state index in [0.717, 1.165) is 17.6 Å². The molecule has 1 aromatic carbocycles. The highest BCUT2D eigenvalue weighted by Crippen LogP contribution is 2.59. The Morgan fingerprint density at radius 3 is 2.81 bits per heavy atom. The summed E-state index contributed by atoms with van der Waals surface area (Å²) in [5, 5.41) is 0. The highest BCUT2D eigenvalue weighted by atomic mass is 16.5. The first-order valence-corrected chi connectivity index (χ1v) is 8.99. The van der Waals surface area contributed by atoms with Crippen molar-refractivity contribution < 1.29 is 4.74 Å². The number of fused-ring (bicyclic) bond motifs is 1. The van der Waals surface area contributed by atoms with Gasteiger partial charge in [-0.3, -0.25) is 0 Å². The van der Waals surface area contributed by atoms with Gasteiger partial charge in [0, 0.05) is 5.90 Å². The van der Waals surface area contributed by atoms with E-state index in [1.165, 1.54) is 51.4 Å². The molecule has 0 heterocycles. The van der Waals surface area contributed by atoms with Crippen LogP contribution in [0.4, 0.5) is 0 Å². The summed E-state index contributed by atoms with van der Waals surface area (Å²) in [4.78, 5) is 0. The molecule has 2 fully saturated rings. The monoisotopic (exact) mass is 280 g/mol. The van der Waals surface area contributed by atoms with E-state index in [9.17, 15) is 0 Å². The van der Waals surface area contributed by atoms with Crippen LogP contribution in [0, 0.1) is 11.8 Å². The molecule has 1 aromatic rings. The molecule has 3 atom stereocenters. The number of hydrogen-bond acceptors (Lipinski definition) is 1. The van der Waals surface area contributed by atoms with Crippen LogP contribution in [0.15, 0.2) is 18.2 Å². The molecule has 0 saturated heterocycles. The van der Waals surface area contributed by atoms with E-state index >= 15 is 0 Å². The third kappa shape index (κ3) is 2.15. The molecule has 3 aliphatic rings. The third-order valence-corrected chi connectivity index (χ3v) is 6.34. The van der Waals surface area contributed by atoms with Crippen LogP contribution in [0.25, 0.3) is 0 Å². The van der Waals surface area contributed by atoms with E-state index in [-0.39, 0.29) is 5.90 Å². The van der Waals surface area contributed by atoms with Crippen LogP contribution in [0.2, 0.25) is 0 Å². The smallest absolute Gasteiger partial charge is 0.142 e. The van der Waals surface area contributed by atoms with Crippen molar-refractivity contribution in [2.75, 3.05) is 0 Å².